The van der Waals surface area contributed by atoms with Gasteiger partial charge in [0.15, 0.2) is 0 Å². The highest BCUT2D eigenvalue weighted by molar-refractivity contribution is 5.99. The molecule has 1 aliphatic heterocycles. The van der Waals surface area contributed by atoms with Gasteiger partial charge in [-0.15, -0.1) is 0 Å². The van der Waals surface area contributed by atoms with Gasteiger partial charge in [0.25, 0.3) is 5.91 Å². The minimum atomic E-state index is -4.75. The SMILES string of the molecule is CNc1ncc(C(=O)NC2(C(=O)NCc3ccc(Nc4ccc(F)cc4C(F)(F)F)cn3)CCOC2)cn1. The molecule has 0 spiro atoms. The fourth-order valence-corrected chi connectivity index (χ4v) is 3.72. The molecule has 4 rings (SSSR count). The molecular formula is C24H23F4N7O3. The lowest BCUT2D eigenvalue weighted by molar-refractivity contribution is -0.137. The van der Waals surface area contributed by atoms with E-state index in [2.05, 4.69) is 36.2 Å². The number of anilines is 3. The predicted molar refractivity (Wildman–Crippen MR) is 128 cm³/mol. The van der Waals surface area contributed by atoms with Gasteiger partial charge in [-0.2, -0.15) is 13.2 Å². The zero-order valence-corrected chi connectivity index (χ0v) is 20.0. The highest BCUT2D eigenvalue weighted by Crippen LogP contribution is 2.36. The van der Waals surface area contributed by atoms with Gasteiger partial charge in [-0.3, -0.25) is 14.6 Å². The van der Waals surface area contributed by atoms with Crippen molar-refractivity contribution in [2.45, 2.75) is 24.7 Å². The second-order valence-corrected chi connectivity index (χ2v) is 8.42. The predicted octanol–water partition coefficient (Wildman–Crippen LogP) is 3.02. The second-order valence-electron chi connectivity index (χ2n) is 8.42. The Morgan fingerprint density at radius 2 is 1.84 bits per heavy atom. The van der Waals surface area contributed by atoms with E-state index in [1.807, 2.05) is 0 Å². The number of amides is 2. The number of ether oxygens (including phenoxy) is 1. The standard InChI is InChI=1S/C24H23F4N7O3/c1-29-22-32-9-14(10-33-22)20(36)35-23(6-7-38-13-23)21(37)31-11-16-3-4-17(12-30-16)34-19-5-2-15(25)8-18(19)24(26,27)28/h2-5,8-10,12,34H,6-7,11,13H2,1H3,(H,31,37)(H,35,36)(H,29,32,33). The van der Waals surface area contributed by atoms with E-state index < -0.39 is 34.9 Å². The summed E-state index contributed by atoms with van der Waals surface area (Å²) in [6.45, 7) is 0.224. The minimum absolute atomic E-state index is 0.0128. The molecule has 0 saturated carbocycles. The van der Waals surface area contributed by atoms with Gasteiger partial charge in [0, 0.05) is 32.5 Å². The maximum Gasteiger partial charge on any atom is 0.418 e. The molecule has 14 heteroatoms. The van der Waals surface area contributed by atoms with E-state index in [0.717, 1.165) is 12.1 Å². The Hall–Kier alpha value is -4.33. The maximum absolute atomic E-state index is 13.3. The monoisotopic (exact) mass is 533 g/mol. The Balaban J connectivity index is 1.39. The fraction of sp³-hybridized carbons (Fsp3) is 0.292. The Morgan fingerprint density at radius 1 is 1.08 bits per heavy atom. The normalized spacial score (nSPS) is 17.1. The van der Waals surface area contributed by atoms with Gasteiger partial charge in [0.05, 0.1) is 47.5 Å². The summed E-state index contributed by atoms with van der Waals surface area (Å²) < 4.78 is 58.4. The van der Waals surface area contributed by atoms with Crippen LogP contribution in [-0.2, 0) is 22.3 Å². The summed E-state index contributed by atoms with van der Waals surface area (Å²) in [5, 5.41) is 10.7. The summed E-state index contributed by atoms with van der Waals surface area (Å²) in [5.74, 6) is -1.69. The summed E-state index contributed by atoms with van der Waals surface area (Å²) in [6, 6.07) is 5.30. The van der Waals surface area contributed by atoms with Crippen LogP contribution in [-0.4, -0.2) is 52.6 Å². The molecular weight excluding hydrogens is 510 g/mol. The minimum Gasteiger partial charge on any atom is -0.378 e. The van der Waals surface area contributed by atoms with Gasteiger partial charge in [0.1, 0.15) is 11.4 Å². The van der Waals surface area contributed by atoms with Crippen molar-refractivity contribution in [3.8, 4) is 0 Å². The van der Waals surface area contributed by atoms with Crippen LogP contribution in [0.1, 0.15) is 28.0 Å². The lowest BCUT2D eigenvalue weighted by Crippen LogP contribution is -2.59. The number of aromatic nitrogens is 3. The van der Waals surface area contributed by atoms with Crippen LogP contribution in [0.2, 0.25) is 0 Å². The van der Waals surface area contributed by atoms with Crippen molar-refractivity contribution >= 4 is 29.1 Å². The Kier molecular flexibility index (Phi) is 7.71. The van der Waals surface area contributed by atoms with Gasteiger partial charge in [-0.05, 0) is 30.3 Å². The number of carbonyl (C=O) groups excluding carboxylic acids is 2. The van der Waals surface area contributed by atoms with E-state index in [1.165, 1.54) is 30.7 Å². The smallest absolute Gasteiger partial charge is 0.378 e. The molecule has 1 aliphatic rings. The van der Waals surface area contributed by atoms with E-state index in [4.69, 9.17) is 4.74 Å². The van der Waals surface area contributed by atoms with Crippen molar-refractivity contribution in [2.75, 3.05) is 30.9 Å². The molecule has 2 amide bonds. The van der Waals surface area contributed by atoms with Crippen LogP contribution in [0.15, 0.2) is 48.9 Å². The number of alkyl halides is 3. The van der Waals surface area contributed by atoms with Gasteiger partial charge < -0.3 is 26.0 Å². The molecule has 1 aromatic carbocycles. The number of nitrogens with zero attached hydrogens (tertiary/aromatic N) is 3. The molecule has 200 valence electrons. The van der Waals surface area contributed by atoms with Crippen LogP contribution in [0.5, 0.6) is 0 Å². The molecule has 38 heavy (non-hydrogen) atoms. The molecule has 2 aromatic heterocycles. The van der Waals surface area contributed by atoms with Crippen LogP contribution in [0.4, 0.5) is 34.9 Å². The summed E-state index contributed by atoms with van der Waals surface area (Å²) in [5.41, 5.74) is -1.97. The van der Waals surface area contributed by atoms with Crippen molar-refractivity contribution in [3.05, 3.63) is 71.6 Å². The molecule has 0 bridgehead atoms. The molecule has 10 nitrogen and oxygen atoms in total. The van der Waals surface area contributed by atoms with Gasteiger partial charge in [0.2, 0.25) is 11.9 Å². The number of benzene rings is 1. The first-order valence-electron chi connectivity index (χ1n) is 11.4. The largest absolute Gasteiger partial charge is 0.418 e. The number of hydrogen-bond donors (Lipinski definition) is 4. The second kappa shape index (κ2) is 11.0. The molecule has 3 heterocycles. The van der Waals surface area contributed by atoms with E-state index in [0.29, 0.717) is 17.7 Å². The van der Waals surface area contributed by atoms with E-state index >= 15 is 0 Å². The average molecular weight is 533 g/mol. The van der Waals surface area contributed by atoms with E-state index in [1.54, 1.807) is 7.05 Å². The summed E-state index contributed by atoms with van der Waals surface area (Å²) >= 11 is 0. The zero-order valence-electron chi connectivity index (χ0n) is 20.0. The summed E-state index contributed by atoms with van der Waals surface area (Å²) in [7, 11) is 1.64. The van der Waals surface area contributed by atoms with Crippen LogP contribution in [0.3, 0.4) is 0 Å². The van der Waals surface area contributed by atoms with Crippen molar-refractivity contribution in [2.24, 2.45) is 0 Å². The summed E-state index contributed by atoms with van der Waals surface area (Å²) in [4.78, 5) is 37.9. The van der Waals surface area contributed by atoms with Crippen LogP contribution in [0, 0.1) is 5.82 Å². The number of nitrogens with one attached hydrogen (secondary N) is 4. The molecule has 1 unspecified atom stereocenters. The fourth-order valence-electron chi connectivity index (χ4n) is 3.72. The average Bonchev–Trinajstić information content (AvgIpc) is 3.38. The first-order chi connectivity index (χ1) is 18.1. The lowest BCUT2D eigenvalue weighted by atomic mass is 9.96. The molecule has 3 aromatic rings. The molecule has 0 radical (unpaired) electrons. The van der Waals surface area contributed by atoms with Crippen molar-refractivity contribution in [1.29, 1.82) is 0 Å². The highest BCUT2D eigenvalue weighted by Gasteiger charge is 2.44. The van der Waals surface area contributed by atoms with Crippen molar-refractivity contribution < 1.29 is 31.9 Å². The Labute approximate surface area is 214 Å². The lowest BCUT2D eigenvalue weighted by Gasteiger charge is -2.27. The molecule has 0 aliphatic carbocycles. The third-order valence-corrected chi connectivity index (χ3v) is 5.77. The number of rotatable bonds is 8. The quantitative estimate of drug-likeness (QED) is 0.325. The molecule has 1 atom stereocenters. The maximum atomic E-state index is 13.3. The van der Waals surface area contributed by atoms with Gasteiger partial charge in [-0.25, -0.2) is 14.4 Å². The van der Waals surface area contributed by atoms with Crippen molar-refractivity contribution in [3.63, 3.8) is 0 Å². The van der Waals surface area contributed by atoms with Crippen LogP contribution >= 0.6 is 0 Å². The van der Waals surface area contributed by atoms with Crippen LogP contribution < -0.4 is 21.3 Å². The number of hydrogen-bond acceptors (Lipinski definition) is 8. The third kappa shape index (κ3) is 6.14. The van der Waals surface area contributed by atoms with Crippen LogP contribution in [0.25, 0.3) is 0 Å². The van der Waals surface area contributed by atoms with E-state index in [9.17, 15) is 27.2 Å². The Morgan fingerprint density at radius 3 is 2.45 bits per heavy atom. The third-order valence-electron chi connectivity index (χ3n) is 5.77. The number of carbonyl (C=O) groups is 2. The molecule has 4 N–H and O–H groups in total. The summed E-state index contributed by atoms with van der Waals surface area (Å²) in [6.07, 6.45) is -0.552. The molecule has 1 saturated heterocycles. The first-order valence-corrected chi connectivity index (χ1v) is 11.4. The topological polar surface area (TPSA) is 130 Å². The zero-order chi connectivity index (χ0) is 27.3. The van der Waals surface area contributed by atoms with Gasteiger partial charge in [-0.1, -0.05) is 0 Å². The Bertz CT molecular complexity index is 1300. The highest BCUT2D eigenvalue weighted by atomic mass is 19.4. The van der Waals surface area contributed by atoms with Crippen molar-refractivity contribution in [1.82, 2.24) is 25.6 Å². The number of pyridine rings is 1. The molecule has 1 fully saturated rings. The van der Waals surface area contributed by atoms with E-state index in [-0.39, 0.29) is 43.1 Å². The first kappa shape index (κ1) is 26.7. The van der Waals surface area contributed by atoms with Gasteiger partial charge >= 0.3 is 6.18 Å². The number of halogens is 4.